The minimum Gasteiger partial charge on any atom is -0.593 e. The highest BCUT2D eigenvalue weighted by atomic mass is 19.4. The number of nitrogens with zero attached hydrogens (tertiary/aromatic N) is 1. The largest absolute Gasteiger partial charge is 0.593 e. The van der Waals surface area contributed by atoms with Crippen LogP contribution < -0.4 is 10.5 Å². The zero-order chi connectivity index (χ0) is 14.3. The van der Waals surface area contributed by atoms with E-state index in [1.807, 2.05) is 0 Å². The van der Waals surface area contributed by atoms with Crippen molar-refractivity contribution in [2.45, 2.75) is 26.9 Å². The van der Waals surface area contributed by atoms with Gasteiger partial charge in [0.2, 0.25) is 0 Å². The van der Waals surface area contributed by atoms with Gasteiger partial charge < -0.3 is 10.9 Å². The molecule has 7 heteroatoms. The van der Waals surface area contributed by atoms with Gasteiger partial charge in [0, 0.05) is 11.3 Å². The summed E-state index contributed by atoms with van der Waals surface area (Å²) in [5, 5.41) is 21.3. The number of quaternary nitrogens is 1. The smallest absolute Gasteiger partial charge is 0.422 e. The number of alkyl halides is 3. The normalized spacial score (nSPS) is 15.6. The first-order chi connectivity index (χ1) is 8.02. The maximum absolute atomic E-state index is 12.9. The molecule has 0 heterocycles. The van der Waals surface area contributed by atoms with E-state index in [1.54, 1.807) is 0 Å². The lowest BCUT2D eigenvalue weighted by molar-refractivity contribution is -0.141. The van der Waals surface area contributed by atoms with Crippen LogP contribution in [-0.4, -0.2) is 11.8 Å². The van der Waals surface area contributed by atoms with E-state index in [0.717, 1.165) is 6.07 Å². The van der Waals surface area contributed by atoms with Crippen molar-refractivity contribution < 1.29 is 18.4 Å². The van der Waals surface area contributed by atoms with Gasteiger partial charge in [-0.2, -0.15) is 18.0 Å². The summed E-state index contributed by atoms with van der Waals surface area (Å²) in [4.78, 5) is -2.09. The Hall–Kier alpha value is -1.31. The van der Waals surface area contributed by atoms with Crippen LogP contribution in [-0.2, 0) is 6.18 Å². The molecule has 0 saturated heterocycles. The van der Waals surface area contributed by atoms with Crippen molar-refractivity contribution >= 4 is 11.4 Å². The van der Waals surface area contributed by atoms with E-state index in [0.29, 0.717) is 0 Å². The van der Waals surface area contributed by atoms with Crippen LogP contribution in [0.25, 0.3) is 0 Å². The molecule has 0 saturated carbocycles. The molecule has 0 bridgehead atoms. The Morgan fingerprint density at radius 2 is 1.89 bits per heavy atom. The second kappa shape index (κ2) is 4.42. The molecule has 0 aromatic heterocycles. The molecule has 4 nitrogen and oxygen atoms in total. The second-order valence-corrected chi connectivity index (χ2v) is 4.14. The number of rotatable bonds is 2. The highest BCUT2D eigenvalue weighted by Crippen LogP contribution is 2.43. The Morgan fingerprint density at radius 1 is 1.39 bits per heavy atom. The summed E-state index contributed by atoms with van der Waals surface area (Å²) < 4.78 is 38.7. The maximum Gasteiger partial charge on any atom is 0.422 e. The molecule has 102 valence electrons. The standard InChI is InChI=1S/C11H15F3N2O2/c1-4-16(17,18)10-7(3)9(15)6(2)5-8(10)11(12,13)14/h5,17H,4,15H2,1-3H3. The lowest BCUT2D eigenvalue weighted by Gasteiger charge is -2.35. The van der Waals surface area contributed by atoms with Gasteiger partial charge in [0.05, 0.1) is 0 Å². The molecule has 1 unspecified atom stereocenters. The lowest BCUT2D eigenvalue weighted by Crippen LogP contribution is -2.41. The Kier molecular flexibility index (Phi) is 3.62. The average Bonchev–Trinajstić information content (AvgIpc) is 2.23. The van der Waals surface area contributed by atoms with E-state index in [2.05, 4.69) is 0 Å². The van der Waals surface area contributed by atoms with Crippen molar-refractivity contribution in [3.8, 4) is 0 Å². The van der Waals surface area contributed by atoms with Crippen LogP contribution in [0.4, 0.5) is 24.5 Å². The second-order valence-electron chi connectivity index (χ2n) is 4.14. The predicted octanol–water partition coefficient (Wildman–Crippen LogP) is 3.12. The Labute approximate surface area is 103 Å². The summed E-state index contributed by atoms with van der Waals surface area (Å²) in [7, 11) is 0. The van der Waals surface area contributed by atoms with Gasteiger partial charge in [0.1, 0.15) is 12.1 Å². The van der Waals surface area contributed by atoms with Crippen molar-refractivity contribution in [1.29, 1.82) is 0 Å². The summed E-state index contributed by atoms with van der Waals surface area (Å²) in [5.41, 5.74) is 3.99. The van der Waals surface area contributed by atoms with Gasteiger partial charge in [-0.1, -0.05) is 0 Å². The van der Waals surface area contributed by atoms with Gasteiger partial charge >= 0.3 is 6.18 Å². The topological polar surface area (TPSA) is 69.3 Å². The van der Waals surface area contributed by atoms with Crippen LogP contribution in [0.5, 0.6) is 0 Å². The summed E-state index contributed by atoms with van der Waals surface area (Å²) in [6.45, 7) is 3.57. The molecule has 1 atom stereocenters. The molecule has 3 N–H and O–H groups in total. The highest BCUT2D eigenvalue weighted by Gasteiger charge is 2.41. The molecule has 1 aromatic carbocycles. The Balaban J connectivity index is 3.71. The van der Waals surface area contributed by atoms with Gasteiger partial charge in [-0.3, -0.25) is 0 Å². The number of anilines is 1. The molecule has 0 amide bonds. The monoisotopic (exact) mass is 264 g/mol. The number of benzene rings is 1. The summed E-state index contributed by atoms with van der Waals surface area (Å²) >= 11 is 0. The number of hydrogen-bond donors (Lipinski definition) is 2. The third-order valence-electron chi connectivity index (χ3n) is 2.88. The molecule has 0 spiro atoms. The molecule has 0 fully saturated rings. The number of aryl methyl sites for hydroxylation is 1. The molecular weight excluding hydrogens is 249 g/mol. The fourth-order valence-corrected chi connectivity index (χ4v) is 1.81. The molecule has 0 radical (unpaired) electrons. The third-order valence-corrected chi connectivity index (χ3v) is 2.88. The summed E-state index contributed by atoms with van der Waals surface area (Å²) in [6, 6.07) is 0.786. The molecule has 18 heavy (non-hydrogen) atoms. The van der Waals surface area contributed by atoms with Crippen LogP contribution in [0.1, 0.15) is 23.6 Å². The molecular formula is C11H15F3N2O2. The molecule has 0 aliphatic carbocycles. The zero-order valence-electron chi connectivity index (χ0n) is 10.3. The van der Waals surface area contributed by atoms with Gasteiger partial charge in [-0.05, 0) is 32.4 Å². The third kappa shape index (κ3) is 2.43. The zero-order valence-corrected chi connectivity index (χ0v) is 10.3. The van der Waals surface area contributed by atoms with E-state index >= 15 is 0 Å². The van der Waals surface area contributed by atoms with Crippen LogP contribution in [0, 0.1) is 19.1 Å². The Morgan fingerprint density at radius 3 is 2.28 bits per heavy atom. The number of hydrogen-bond acceptors (Lipinski definition) is 3. The van der Waals surface area contributed by atoms with Crippen molar-refractivity contribution in [3.05, 3.63) is 28.0 Å². The maximum atomic E-state index is 12.9. The summed E-state index contributed by atoms with van der Waals surface area (Å²) in [5.74, 6) is 0. The van der Waals surface area contributed by atoms with Gasteiger partial charge in [0.15, 0.2) is 5.69 Å². The minimum absolute atomic E-state index is 0.0401. The van der Waals surface area contributed by atoms with Crippen molar-refractivity contribution in [2.24, 2.45) is 0 Å². The number of hydroxylamine groups is 2. The van der Waals surface area contributed by atoms with Crippen LogP contribution in [0.3, 0.4) is 0 Å². The predicted molar refractivity (Wildman–Crippen MR) is 62.8 cm³/mol. The van der Waals surface area contributed by atoms with Crippen LogP contribution in [0.15, 0.2) is 6.07 Å². The van der Waals surface area contributed by atoms with E-state index in [9.17, 15) is 23.6 Å². The first-order valence-electron chi connectivity index (χ1n) is 5.31. The molecule has 1 rings (SSSR count). The number of halogens is 3. The van der Waals surface area contributed by atoms with Crippen molar-refractivity contribution in [1.82, 2.24) is 4.81 Å². The van der Waals surface area contributed by atoms with E-state index in [-0.39, 0.29) is 16.8 Å². The fraction of sp³-hybridized carbons (Fsp3) is 0.455. The van der Waals surface area contributed by atoms with Crippen LogP contribution >= 0.6 is 0 Å². The van der Waals surface area contributed by atoms with E-state index < -0.39 is 28.8 Å². The van der Waals surface area contributed by atoms with Crippen LogP contribution in [0.2, 0.25) is 0 Å². The SMILES string of the molecule is CC[N+]([O-])(O)c1c(C(F)(F)F)cc(C)c(N)c1C. The lowest BCUT2D eigenvalue weighted by atomic mass is 10.0. The number of nitrogens with two attached hydrogens (primary N) is 1. The average molecular weight is 264 g/mol. The Bertz CT molecular complexity index is 470. The van der Waals surface area contributed by atoms with E-state index in [1.165, 1.54) is 20.8 Å². The molecule has 0 aliphatic heterocycles. The van der Waals surface area contributed by atoms with Gasteiger partial charge in [0.25, 0.3) is 0 Å². The van der Waals surface area contributed by atoms with Gasteiger partial charge in [-0.25, -0.2) is 5.21 Å². The molecule has 0 aliphatic rings. The van der Waals surface area contributed by atoms with Crippen molar-refractivity contribution in [3.63, 3.8) is 0 Å². The number of nitrogen functional groups attached to an aromatic ring is 1. The highest BCUT2D eigenvalue weighted by molar-refractivity contribution is 5.70. The summed E-state index contributed by atoms with van der Waals surface area (Å²) in [6.07, 6.45) is -4.72. The molecule has 1 aromatic rings. The van der Waals surface area contributed by atoms with E-state index in [4.69, 9.17) is 5.73 Å². The fourth-order valence-electron chi connectivity index (χ4n) is 1.81. The van der Waals surface area contributed by atoms with Crippen molar-refractivity contribution in [2.75, 3.05) is 12.3 Å². The first-order valence-corrected chi connectivity index (χ1v) is 5.31. The first kappa shape index (κ1) is 14.7. The van der Waals surface area contributed by atoms with Gasteiger partial charge in [-0.15, -0.1) is 0 Å². The minimum atomic E-state index is -4.72. The quantitative estimate of drug-likeness (QED) is 0.490.